The van der Waals surface area contributed by atoms with E-state index in [1.54, 1.807) is 6.07 Å². The average Bonchev–Trinajstić information content (AvgIpc) is 2.75. The van der Waals surface area contributed by atoms with E-state index in [2.05, 4.69) is 15.3 Å². The minimum Gasteiger partial charge on any atom is -0.381 e. The molecule has 2 aromatic carbocycles. The molecule has 0 atom stereocenters. The van der Waals surface area contributed by atoms with Crippen LogP contribution in [0.5, 0.6) is 0 Å². The lowest BCUT2D eigenvalue weighted by Crippen LogP contribution is -1.99. The molecule has 0 aliphatic heterocycles. The van der Waals surface area contributed by atoms with Crippen molar-refractivity contribution in [1.82, 2.24) is 9.97 Å². The lowest BCUT2D eigenvalue weighted by Gasteiger charge is -2.06. The molecular weight excluding hydrogens is 245 g/mol. The summed E-state index contributed by atoms with van der Waals surface area (Å²) in [6.45, 7) is 0.526. The number of hydrogen-bond donors (Lipinski definition) is 3. The van der Waals surface area contributed by atoms with Crippen molar-refractivity contribution in [2.75, 3.05) is 5.32 Å². The summed E-state index contributed by atoms with van der Waals surface area (Å²) in [7, 11) is 0. The SMILES string of the molecule is O=c1[nH]c2ccc(NCc3cccc(F)c3)cc2[nH]1. The van der Waals surface area contributed by atoms with E-state index in [1.807, 2.05) is 24.3 Å². The molecule has 3 rings (SSSR count). The van der Waals surface area contributed by atoms with E-state index >= 15 is 0 Å². The van der Waals surface area contributed by atoms with Crippen LogP contribution in [0, 0.1) is 5.82 Å². The van der Waals surface area contributed by atoms with Crippen LogP contribution in [0.3, 0.4) is 0 Å². The lowest BCUT2D eigenvalue weighted by molar-refractivity contribution is 0.626. The third-order valence-corrected chi connectivity index (χ3v) is 2.90. The predicted molar refractivity (Wildman–Crippen MR) is 72.6 cm³/mol. The fourth-order valence-corrected chi connectivity index (χ4v) is 1.99. The zero-order valence-corrected chi connectivity index (χ0v) is 10.0. The van der Waals surface area contributed by atoms with Gasteiger partial charge in [0.25, 0.3) is 0 Å². The second-order valence-corrected chi connectivity index (χ2v) is 4.32. The van der Waals surface area contributed by atoms with Crippen LogP contribution in [0.15, 0.2) is 47.3 Å². The van der Waals surface area contributed by atoms with Crippen molar-refractivity contribution in [2.45, 2.75) is 6.54 Å². The van der Waals surface area contributed by atoms with Crippen molar-refractivity contribution in [3.63, 3.8) is 0 Å². The Morgan fingerprint density at radius 3 is 2.74 bits per heavy atom. The third kappa shape index (κ3) is 2.49. The van der Waals surface area contributed by atoms with Crippen LogP contribution in [0.4, 0.5) is 10.1 Å². The molecule has 4 nitrogen and oxygen atoms in total. The highest BCUT2D eigenvalue weighted by Crippen LogP contribution is 2.15. The lowest BCUT2D eigenvalue weighted by atomic mass is 10.2. The van der Waals surface area contributed by atoms with Crippen molar-refractivity contribution < 1.29 is 4.39 Å². The normalized spacial score (nSPS) is 10.8. The zero-order valence-electron chi connectivity index (χ0n) is 10.0. The van der Waals surface area contributed by atoms with Crippen molar-refractivity contribution in [1.29, 1.82) is 0 Å². The van der Waals surface area contributed by atoms with E-state index < -0.39 is 0 Å². The van der Waals surface area contributed by atoms with Crippen molar-refractivity contribution >= 4 is 16.7 Å². The van der Waals surface area contributed by atoms with Gasteiger partial charge in [0, 0.05) is 12.2 Å². The van der Waals surface area contributed by atoms with Gasteiger partial charge in [-0.3, -0.25) is 0 Å². The highest BCUT2D eigenvalue weighted by molar-refractivity contribution is 5.78. The number of hydrogen-bond acceptors (Lipinski definition) is 2. The Morgan fingerprint density at radius 1 is 1.05 bits per heavy atom. The standard InChI is InChI=1S/C14H12FN3O/c15-10-3-1-2-9(6-10)8-16-11-4-5-12-13(7-11)18-14(19)17-12/h1-7,16H,8H2,(H2,17,18,19). The van der Waals surface area contributed by atoms with Crippen molar-refractivity contribution in [2.24, 2.45) is 0 Å². The molecule has 0 amide bonds. The van der Waals surface area contributed by atoms with Crippen LogP contribution in [0.25, 0.3) is 11.0 Å². The van der Waals surface area contributed by atoms with Crippen LogP contribution >= 0.6 is 0 Å². The Bertz CT molecular complexity index is 775. The minimum atomic E-state index is -0.246. The first-order chi connectivity index (χ1) is 9.20. The van der Waals surface area contributed by atoms with Crippen LogP contribution < -0.4 is 11.0 Å². The number of imidazole rings is 1. The minimum absolute atomic E-state index is 0.225. The maximum absolute atomic E-state index is 13.0. The third-order valence-electron chi connectivity index (χ3n) is 2.90. The molecule has 5 heteroatoms. The van der Waals surface area contributed by atoms with Crippen LogP contribution in [0.2, 0.25) is 0 Å². The summed E-state index contributed by atoms with van der Waals surface area (Å²) in [5, 5.41) is 3.19. The topological polar surface area (TPSA) is 60.7 Å². The Hall–Kier alpha value is -2.56. The summed E-state index contributed by atoms with van der Waals surface area (Å²) in [4.78, 5) is 16.5. The van der Waals surface area contributed by atoms with E-state index in [1.165, 1.54) is 12.1 Å². The number of halogens is 1. The molecular formula is C14H12FN3O. The Balaban J connectivity index is 1.79. The largest absolute Gasteiger partial charge is 0.381 e. The Kier molecular flexibility index (Phi) is 2.79. The molecule has 0 aliphatic rings. The molecule has 0 fully saturated rings. The number of aromatic nitrogens is 2. The molecule has 0 saturated carbocycles. The number of anilines is 1. The molecule has 0 aliphatic carbocycles. The van der Waals surface area contributed by atoms with Crippen LogP contribution in [-0.4, -0.2) is 9.97 Å². The van der Waals surface area contributed by atoms with Gasteiger partial charge in [-0.05, 0) is 35.9 Å². The second-order valence-electron chi connectivity index (χ2n) is 4.32. The molecule has 0 saturated heterocycles. The summed E-state index contributed by atoms with van der Waals surface area (Å²) in [5.74, 6) is -0.246. The van der Waals surface area contributed by atoms with E-state index in [9.17, 15) is 9.18 Å². The molecule has 1 heterocycles. The zero-order chi connectivity index (χ0) is 13.2. The summed E-state index contributed by atoms with van der Waals surface area (Å²) in [6.07, 6.45) is 0. The summed E-state index contributed by atoms with van der Waals surface area (Å²) < 4.78 is 13.0. The quantitative estimate of drug-likeness (QED) is 0.675. The molecule has 0 bridgehead atoms. The smallest absolute Gasteiger partial charge is 0.323 e. The molecule has 3 N–H and O–H groups in total. The number of nitrogens with one attached hydrogen (secondary N) is 3. The average molecular weight is 257 g/mol. The first-order valence-corrected chi connectivity index (χ1v) is 5.91. The molecule has 0 spiro atoms. The number of rotatable bonds is 3. The fraction of sp³-hybridized carbons (Fsp3) is 0.0714. The number of benzene rings is 2. The van der Waals surface area contributed by atoms with Crippen LogP contribution in [0.1, 0.15) is 5.56 Å². The first-order valence-electron chi connectivity index (χ1n) is 5.91. The van der Waals surface area contributed by atoms with E-state index in [0.29, 0.717) is 6.54 Å². The van der Waals surface area contributed by atoms with Gasteiger partial charge < -0.3 is 15.3 Å². The predicted octanol–water partition coefficient (Wildman–Crippen LogP) is 2.61. The molecule has 0 unspecified atom stereocenters. The molecule has 96 valence electrons. The molecule has 19 heavy (non-hydrogen) atoms. The Morgan fingerprint density at radius 2 is 1.89 bits per heavy atom. The van der Waals surface area contributed by atoms with Gasteiger partial charge in [0.2, 0.25) is 0 Å². The van der Waals surface area contributed by atoms with Gasteiger partial charge in [0.1, 0.15) is 5.82 Å². The van der Waals surface area contributed by atoms with Crippen molar-refractivity contribution in [3.05, 3.63) is 64.3 Å². The van der Waals surface area contributed by atoms with Crippen LogP contribution in [-0.2, 0) is 6.54 Å². The maximum Gasteiger partial charge on any atom is 0.323 e. The first kappa shape index (κ1) is 11.5. The van der Waals surface area contributed by atoms with E-state index in [-0.39, 0.29) is 11.5 Å². The summed E-state index contributed by atoms with van der Waals surface area (Å²) in [6, 6.07) is 12.0. The Labute approximate surface area is 108 Å². The van der Waals surface area contributed by atoms with Crippen molar-refractivity contribution in [3.8, 4) is 0 Å². The second kappa shape index (κ2) is 4.61. The fourth-order valence-electron chi connectivity index (χ4n) is 1.99. The molecule has 3 aromatic rings. The van der Waals surface area contributed by atoms with E-state index in [0.717, 1.165) is 22.3 Å². The monoisotopic (exact) mass is 257 g/mol. The maximum atomic E-state index is 13.0. The van der Waals surface area contributed by atoms with Gasteiger partial charge >= 0.3 is 5.69 Å². The van der Waals surface area contributed by atoms with Gasteiger partial charge in [0.05, 0.1) is 11.0 Å². The van der Waals surface area contributed by atoms with Gasteiger partial charge in [-0.25, -0.2) is 9.18 Å². The van der Waals surface area contributed by atoms with Gasteiger partial charge in [-0.15, -0.1) is 0 Å². The van der Waals surface area contributed by atoms with Gasteiger partial charge in [0.15, 0.2) is 0 Å². The number of aromatic amines is 2. The molecule has 0 radical (unpaired) electrons. The molecule has 1 aromatic heterocycles. The summed E-state index contributed by atoms with van der Waals surface area (Å²) >= 11 is 0. The van der Waals surface area contributed by atoms with E-state index in [4.69, 9.17) is 0 Å². The highest BCUT2D eigenvalue weighted by Gasteiger charge is 2.00. The number of H-pyrrole nitrogens is 2. The summed E-state index contributed by atoms with van der Waals surface area (Å²) in [5.41, 5.74) is 3.02. The van der Waals surface area contributed by atoms with Gasteiger partial charge in [-0.2, -0.15) is 0 Å². The van der Waals surface area contributed by atoms with Gasteiger partial charge in [-0.1, -0.05) is 12.1 Å². The number of fused-ring (bicyclic) bond motifs is 1. The highest BCUT2D eigenvalue weighted by atomic mass is 19.1.